The molecule has 0 fully saturated rings. The Bertz CT molecular complexity index is 1320. The molecule has 0 unspecified atom stereocenters. The van der Waals surface area contributed by atoms with E-state index in [4.69, 9.17) is 16.3 Å². The van der Waals surface area contributed by atoms with E-state index < -0.39 is 27.6 Å². The first-order valence-electron chi connectivity index (χ1n) is 11.9. The zero-order chi connectivity index (χ0) is 27.2. The standard InChI is InChI=1S/C28H32ClNO6S/c1-28(2,3)30(19-26(32)21-8-4-9-22(29)17-21)27(33)36-16-6-7-20-12-14-24(15-13-20)37(34,35)25-11-5-10-23(31)18-25/h4-5,8-15,17-18,26,31-32H,6-7,16,19H2,1-3H3/t26-/m0/s1. The van der Waals surface area contributed by atoms with Gasteiger partial charge in [-0.3, -0.25) is 0 Å². The van der Waals surface area contributed by atoms with Crippen LogP contribution in [0.4, 0.5) is 4.79 Å². The van der Waals surface area contributed by atoms with Crippen molar-refractivity contribution in [1.82, 2.24) is 4.90 Å². The molecule has 37 heavy (non-hydrogen) atoms. The van der Waals surface area contributed by atoms with Crippen molar-refractivity contribution in [1.29, 1.82) is 0 Å². The van der Waals surface area contributed by atoms with Gasteiger partial charge in [-0.2, -0.15) is 0 Å². The SMILES string of the molecule is CC(C)(C)N(C[C@H](O)c1cccc(Cl)c1)C(=O)OCCCc1ccc(S(=O)(=O)c2cccc(O)c2)cc1. The fraction of sp³-hybridized carbons (Fsp3) is 0.321. The number of carbonyl (C=O) groups excluding carboxylic acids is 1. The predicted molar refractivity (Wildman–Crippen MR) is 143 cm³/mol. The van der Waals surface area contributed by atoms with Crippen LogP contribution in [-0.4, -0.2) is 48.3 Å². The molecule has 3 aromatic rings. The van der Waals surface area contributed by atoms with Crippen LogP contribution in [0.25, 0.3) is 0 Å². The maximum absolute atomic E-state index is 12.8. The molecule has 3 rings (SSSR count). The molecule has 198 valence electrons. The number of benzene rings is 3. The molecule has 0 aliphatic rings. The number of hydrogen-bond donors (Lipinski definition) is 2. The smallest absolute Gasteiger partial charge is 0.410 e. The third kappa shape index (κ3) is 7.71. The molecule has 0 spiro atoms. The maximum Gasteiger partial charge on any atom is 0.410 e. The first kappa shape index (κ1) is 28.5. The van der Waals surface area contributed by atoms with Gasteiger partial charge < -0.3 is 19.8 Å². The van der Waals surface area contributed by atoms with Crippen molar-refractivity contribution < 1.29 is 28.2 Å². The minimum absolute atomic E-state index is 0.0241. The Kier molecular flexibility index (Phi) is 9.23. The van der Waals surface area contributed by atoms with Gasteiger partial charge in [-0.05, 0) is 87.2 Å². The topological polar surface area (TPSA) is 104 Å². The average molecular weight is 546 g/mol. The third-order valence-electron chi connectivity index (χ3n) is 5.82. The number of phenolic OH excluding ortho intramolecular Hbond substituents is 1. The second-order valence-electron chi connectivity index (χ2n) is 9.71. The second-order valence-corrected chi connectivity index (χ2v) is 12.1. The van der Waals surface area contributed by atoms with Gasteiger partial charge in [0, 0.05) is 10.6 Å². The van der Waals surface area contributed by atoms with Crippen LogP contribution < -0.4 is 0 Å². The number of aryl methyl sites for hydroxylation is 1. The normalized spacial score (nSPS) is 12.7. The Labute approximate surface area is 223 Å². The van der Waals surface area contributed by atoms with Crippen LogP contribution in [0.15, 0.2) is 82.6 Å². The van der Waals surface area contributed by atoms with Crippen LogP contribution in [0.1, 0.15) is 44.4 Å². The number of aromatic hydroxyl groups is 1. The monoisotopic (exact) mass is 545 g/mol. The third-order valence-corrected chi connectivity index (χ3v) is 7.82. The summed E-state index contributed by atoms with van der Waals surface area (Å²) in [7, 11) is -3.73. The van der Waals surface area contributed by atoms with Gasteiger partial charge in [0.25, 0.3) is 0 Å². The van der Waals surface area contributed by atoms with E-state index in [1.165, 1.54) is 41.3 Å². The van der Waals surface area contributed by atoms with Crippen molar-refractivity contribution in [2.45, 2.75) is 55.0 Å². The van der Waals surface area contributed by atoms with E-state index in [0.717, 1.165) is 5.56 Å². The summed E-state index contributed by atoms with van der Waals surface area (Å²) >= 11 is 6.02. The highest BCUT2D eigenvalue weighted by Crippen LogP contribution is 2.25. The van der Waals surface area contributed by atoms with Gasteiger partial charge in [0.2, 0.25) is 9.84 Å². The van der Waals surface area contributed by atoms with Gasteiger partial charge in [0.1, 0.15) is 5.75 Å². The van der Waals surface area contributed by atoms with Gasteiger partial charge in [-0.15, -0.1) is 0 Å². The first-order valence-corrected chi connectivity index (χ1v) is 13.7. The molecule has 9 heteroatoms. The lowest BCUT2D eigenvalue weighted by atomic mass is 10.0. The molecule has 2 N–H and O–H groups in total. The van der Waals surface area contributed by atoms with Crippen LogP contribution in [0.5, 0.6) is 5.75 Å². The lowest BCUT2D eigenvalue weighted by molar-refractivity contribution is 0.0360. The summed E-state index contributed by atoms with van der Waals surface area (Å²) < 4.78 is 31.0. The number of carbonyl (C=O) groups is 1. The quantitative estimate of drug-likeness (QED) is 0.330. The molecule has 0 aliphatic carbocycles. The molecular formula is C28H32ClNO6S. The van der Waals surface area contributed by atoms with Crippen LogP contribution >= 0.6 is 11.6 Å². The minimum atomic E-state index is -3.73. The summed E-state index contributed by atoms with van der Waals surface area (Å²) in [6, 6.07) is 18.9. The van der Waals surface area contributed by atoms with E-state index in [1.54, 1.807) is 36.4 Å². The van der Waals surface area contributed by atoms with Gasteiger partial charge in [-0.25, -0.2) is 13.2 Å². The van der Waals surface area contributed by atoms with Gasteiger partial charge in [-0.1, -0.05) is 41.9 Å². The van der Waals surface area contributed by atoms with Crippen LogP contribution in [0.2, 0.25) is 5.02 Å². The summed E-state index contributed by atoms with van der Waals surface area (Å²) in [6.45, 7) is 5.82. The Morgan fingerprint density at radius 1 is 1.00 bits per heavy atom. The van der Waals surface area contributed by atoms with E-state index in [1.807, 2.05) is 20.8 Å². The highest BCUT2D eigenvalue weighted by atomic mass is 35.5. The van der Waals surface area contributed by atoms with Crippen LogP contribution in [0.3, 0.4) is 0 Å². The average Bonchev–Trinajstić information content (AvgIpc) is 2.84. The number of aliphatic hydroxyl groups excluding tert-OH is 1. The highest BCUT2D eigenvalue weighted by molar-refractivity contribution is 7.91. The summed E-state index contributed by atoms with van der Waals surface area (Å²) in [5.41, 5.74) is 0.937. The fourth-order valence-electron chi connectivity index (χ4n) is 3.75. The summed E-state index contributed by atoms with van der Waals surface area (Å²) in [6.07, 6.45) is -0.319. The molecule has 0 radical (unpaired) electrons. The van der Waals surface area contributed by atoms with Crippen molar-refractivity contribution in [2.24, 2.45) is 0 Å². The number of β-amino-alcohol motifs (C(OH)–C–C–N with tert-alkyl or cyclic N) is 1. The molecule has 1 atom stereocenters. The Morgan fingerprint density at radius 3 is 2.30 bits per heavy atom. The summed E-state index contributed by atoms with van der Waals surface area (Å²) in [4.78, 5) is 14.5. The molecule has 0 bridgehead atoms. The fourth-order valence-corrected chi connectivity index (χ4v) is 5.25. The van der Waals surface area contributed by atoms with Crippen molar-refractivity contribution in [2.75, 3.05) is 13.2 Å². The van der Waals surface area contributed by atoms with E-state index in [0.29, 0.717) is 23.4 Å². The zero-order valence-electron chi connectivity index (χ0n) is 21.1. The Hall–Kier alpha value is -3.07. The first-order chi connectivity index (χ1) is 17.4. The second kappa shape index (κ2) is 12.0. The number of aliphatic hydroxyl groups is 1. The molecule has 0 aliphatic heterocycles. The number of rotatable bonds is 9. The Morgan fingerprint density at radius 2 is 1.68 bits per heavy atom. The van der Waals surface area contributed by atoms with Crippen molar-refractivity contribution in [3.63, 3.8) is 0 Å². The van der Waals surface area contributed by atoms with Gasteiger partial charge in [0.05, 0.1) is 29.0 Å². The van der Waals surface area contributed by atoms with Crippen molar-refractivity contribution in [3.05, 3.63) is 88.9 Å². The summed E-state index contributed by atoms with van der Waals surface area (Å²) in [5.74, 6) is -0.115. The molecule has 0 aromatic heterocycles. The predicted octanol–water partition coefficient (Wildman–Crippen LogP) is 5.78. The number of sulfone groups is 1. The molecule has 1 amide bonds. The zero-order valence-corrected chi connectivity index (χ0v) is 22.7. The molecule has 0 saturated heterocycles. The molecule has 0 heterocycles. The van der Waals surface area contributed by atoms with E-state index in [-0.39, 0.29) is 28.7 Å². The van der Waals surface area contributed by atoms with Crippen LogP contribution in [0, 0.1) is 0 Å². The number of hydrogen-bond acceptors (Lipinski definition) is 6. The number of halogens is 1. The lowest BCUT2D eigenvalue weighted by Gasteiger charge is -2.36. The van der Waals surface area contributed by atoms with Crippen molar-refractivity contribution >= 4 is 27.5 Å². The lowest BCUT2D eigenvalue weighted by Crippen LogP contribution is -2.48. The molecule has 0 saturated carbocycles. The maximum atomic E-state index is 12.8. The molecule has 3 aromatic carbocycles. The van der Waals surface area contributed by atoms with E-state index >= 15 is 0 Å². The van der Waals surface area contributed by atoms with Gasteiger partial charge >= 0.3 is 6.09 Å². The molecule has 7 nitrogen and oxygen atoms in total. The largest absolute Gasteiger partial charge is 0.508 e. The number of phenols is 1. The van der Waals surface area contributed by atoms with Gasteiger partial charge in [0.15, 0.2) is 0 Å². The van der Waals surface area contributed by atoms with Crippen LogP contribution in [-0.2, 0) is 21.0 Å². The Balaban J connectivity index is 1.55. The van der Waals surface area contributed by atoms with E-state index in [9.17, 15) is 23.4 Å². The number of amides is 1. The van der Waals surface area contributed by atoms with E-state index in [2.05, 4.69) is 0 Å². The highest BCUT2D eigenvalue weighted by Gasteiger charge is 2.30. The number of nitrogens with zero attached hydrogens (tertiary/aromatic N) is 1. The van der Waals surface area contributed by atoms with Crippen molar-refractivity contribution in [3.8, 4) is 5.75 Å². The minimum Gasteiger partial charge on any atom is -0.508 e. The molecular weight excluding hydrogens is 514 g/mol. The summed E-state index contributed by atoms with van der Waals surface area (Å²) in [5, 5.41) is 20.7. The number of ether oxygens (including phenoxy) is 1.